The normalized spacial score (nSPS) is 21.4. The van der Waals surface area contributed by atoms with Gasteiger partial charge in [-0.15, -0.1) is 0 Å². The zero-order chi connectivity index (χ0) is 14.7. The lowest BCUT2D eigenvalue weighted by atomic mass is 9.93. The molecule has 0 atom stereocenters. The maximum Gasteiger partial charge on any atom is 0.222 e. The number of hydrogen-bond donors (Lipinski definition) is 0. The lowest BCUT2D eigenvalue weighted by Gasteiger charge is -2.32. The highest BCUT2D eigenvalue weighted by Gasteiger charge is 2.24. The molecule has 6 heteroatoms. The van der Waals surface area contributed by atoms with Crippen LogP contribution < -0.4 is 0 Å². The van der Waals surface area contributed by atoms with E-state index in [0.29, 0.717) is 5.91 Å². The molecule has 6 nitrogen and oxygen atoms in total. The summed E-state index contributed by atoms with van der Waals surface area (Å²) in [4.78, 5) is 16.1. The van der Waals surface area contributed by atoms with Gasteiger partial charge < -0.3 is 4.90 Å². The van der Waals surface area contributed by atoms with Crippen LogP contribution in [0.15, 0.2) is 4.63 Å². The summed E-state index contributed by atoms with van der Waals surface area (Å²) in [6, 6.07) is 0. The first-order valence-corrected chi connectivity index (χ1v) is 8.00. The van der Waals surface area contributed by atoms with E-state index in [1.54, 1.807) is 0 Å². The minimum absolute atomic E-state index is 0.349. The van der Waals surface area contributed by atoms with Crippen molar-refractivity contribution in [3.05, 3.63) is 11.4 Å². The third-order valence-corrected chi connectivity index (χ3v) is 4.81. The second-order valence-corrected chi connectivity index (χ2v) is 6.29. The van der Waals surface area contributed by atoms with E-state index in [2.05, 4.69) is 15.2 Å². The average molecular weight is 292 g/mol. The van der Waals surface area contributed by atoms with E-state index < -0.39 is 0 Å². The Morgan fingerprint density at radius 2 is 2.05 bits per heavy atom. The fourth-order valence-electron chi connectivity index (χ4n) is 3.32. The van der Waals surface area contributed by atoms with Crippen LogP contribution in [0.25, 0.3) is 0 Å². The van der Waals surface area contributed by atoms with Crippen molar-refractivity contribution < 1.29 is 9.42 Å². The molecule has 2 aliphatic rings. The average Bonchev–Trinajstić information content (AvgIpc) is 3.08. The Morgan fingerprint density at radius 3 is 2.67 bits per heavy atom. The van der Waals surface area contributed by atoms with Crippen LogP contribution in [0, 0.1) is 12.8 Å². The van der Waals surface area contributed by atoms with Crippen LogP contribution in [0.3, 0.4) is 0 Å². The topological polar surface area (TPSA) is 62.5 Å². The molecule has 3 rings (SSSR count). The van der Waals surface area contributed by atoms with Crippen LogP contribution in [0.4, 0.5) is 0 Å². The number of carbonyl (C=O) groups is 1. The van der Waals surface area contributed by atoms with Crippen molar-refractivity contribution in [2.75, 3.05) is 26.2 Å². The summed E-state index contributed by atoms with van der Waals surface area (Å²) in [5, 5.41) is 7.78. The van der Waals surface area contributed by atoms with Crippen molar-refractivity contribution in [3.63, 3.8) is 0 Å². The van der Waals surface area contributed by atoms with Gasteiger partial charge in [-0.3, -0.25) is 9.69 Å². The van der Waals surface area contributed by atoms with Crippen molar-refractivity contribution in [2.45, 2.75) is 45.6 Å². The Labute approximate surface area is 125 Å². The van der Waals surface area contributed by atoms with E-state index in [1.807, 2.05) is 11.8 Å². The molecular weight excluding hydrogens is 268 g/mol. The van der Waals surface area contributed by atoms with Crippen molar-refractivity contribution >= 4 is 5.91 Å². The number of piperidine rings is 1. The zero-order valence-electron chi connectivity index (χ0n) is 12.8. The largest absolute Gasteiger partial charge is 0.343 e. The molecule has 3 heterocycles. The molecule has 0 saturated carbocycles. The molecule has 0 N–H and O–H groups in total. The van der Waals surface area contributed by atoms with Gasteiger partial charge in [0.25, 0.3) is 0 Å². The van der Waals surface area contributed by atoms with Crippen LogP contribution in [0.1, 0.15) is 43.5 Å². The minimum Gasteiger partial charge on any atom is -0.343 e. The molecule has 2 aliphatic heterocycles. The van der Waals surface area contributed by atoms with Gasteiger partial charge >= 0.3 is 0 Å². The van der Waals surface area contributed by atoms with Crippen LogP contribution in [0.5, 0.6) is 0 Å². The zero-order valence-corrected chi connectivity index (χ0v) is 12.8. The third kappa shape index (κ3) is 3.61. The van der Waals surface area contributed by atoms with Crippen molar-refractivity contribution in [1.82, 2.24) is 20.1 Å². The van der Waals surface area contributed by atoms with Gasteiger partial charge in [-0.25, -0.2) is 4.63 Å². The van der Waals surface area contributed by atoms with Crippen molar-refractivity contribution in [3.8, 4) is 0 Å². The van der Waals surface area contributed by atoms with Gasteiger partial charge in [-0.1, -0.05) is 10.3 Å². The van der Waals surface area contributed by atoms with Crippen molar-refractivity contribution in [2.24, 2.45) is 5.92 Å². The predicted octanol–water partition coefficient (Wildman–Crippen LogP) is 1.60. The molecule has 0 spiro atoms. The number of rotatable bonds is 5. The lowest BCUT2D eigenvalue weighted by Crippen LogP contribution is -2.35. The maximum atomic E-state index is 11.6. The predicted molar refractivity (Wildman–Crippen MR) is 77.5 cm³/mol. The highest BCUT2D eigenvalue weighted by atomic mass is 16.6. The second kappa shape index (κ2) is 6.56. The van der Waals surface area contributed by atoms with Gasteiger partial charge in [0.2, 0.25) is 5.91 Å². The summed E-state index contributed by atoms with van der Waals surface area (Å²) < 4.78 is 4.75. The first kappa shape index (κ1) is 14.5. The summed E-state index contributed by atoms with van der Waals surface area (Å²) in [7, 11) is 0. The Hall–Kier alpha value is -1.43. The number of amides is 1. The SMILES string of the molecule is Cc1nonc1CN1CCC(CCN2CCCC2=O)CC1. The highest BCUT2D eigenvalue weighted by Crippen LogP contribution is 2.23. The van der Waals surface area contributed by atoms with E-state index >= 15 is 0 Å². The monoisotopic (exact) mass is 292 g/mol. The molecule has 2 saturated heterocycles. The molecule has 21 heavy (non-hydrogen) atoms. The molecule has 0 bridgehead atoms. The number of nitrogens with zero attached hydrogens (tertiary/aromatic N) is 4. The Bertz CT molecular complexity index is 480. The number of hydrogen-bond acceptors (Lipinski definition) is 5. The molecule has 1 aromatic rings. The maximum absolute atomic E-state index is 11.6. The number of carbonyl (C=O) groups excluding carboxylic acids is 1. The van der Waals surface area contributed by atoms with E-state index in [9.17, 15) is 4.79 Å². The van der Waals surface area contributed by atoms with Crippen LogP contribution >= 0.6 is 0 Å². The molecule has 116 valence electrons. The molecule has 0 aliphatic carbocycles. The molecule has 0 aromatic carbocycles. The third-order valence-electron chi connectivity index (χ3n) is 4.81. The fourth-order valence-corrected chi connectivity index (χ4v) is 3.32. The highest BCUT2D eigenvalue weighted by molar-refractivity contribution is 5.77. The van der Waals surface area contributed by atoms with E-state index in [4.69, 9.17) is 4.63 Å². The molecule has 1 aromatic heterocycles. The summed E-state index contributed by atoms with van der Waals surface area (Å²) in [6.07, 6.45) is 5.38. The summed E-state index contributed by atoms with van der Waals surface area (Å²) in [5.74, 6) is 1.10. The molecule has 0 radical (unpaired) electrons. The van der Waals surface area contributed by atoms with E-state index in [-0.39, 0.29) is 0 Å². The summed E-state index contributed by atoms with van der Waals surface area (Å²) in [6.45, 7) is 6.90. The van der Waals surface area contributed by atoms with Crippen LogP contribution in [0.2, 0.25) is 0 Å². The van der Waals surface area contributed by atoms with Crippen LogP contribution in [-0.4, -0.2) is 52.2 Å². The van der Waals surface area contributed by atoms with Crippen molar-refractivity contribution in [1.29, 1.82) is 0 Å². The van der Waals surface area contributed by atoms with Crippen LogP contribution in [-0.2, 0) is 11.3 Å². The van der Waals surface area contributed by atoms with Gasteiger partial charge in [-0.05, 0) is 51.6 Å². The van der Waals surface area contributed by atoms with Gasteiger partial charge in [0.1, 0.15) is 11.4 Å². The first-order valence-electron chi connectivity index (χ1n) is 8.00. The second-order valence-electron chi connectivity index (χ2n) is 6.29. The van der Waals surface area contributed by atoms with Gasteiger partial charge in [0, 0.05) is 26.1 Å². The van der Waals surface area contributed by atoms with Gasteiger partial charge in [0.15, 0.2) is 0 Å². The fraction of sp³-hybridized carbons (Fsp3) is 0.800. The van der Waals surface area contributed by atoms with E-state index in [0.717, 1.165) is 69.3 Å². The first-order chi connectivity index (χ1) is 10.2. The number of aryl methyl sites for hydroxylation is 1. The number of aromatic nitrogens is 2. The molecule has 1 amide bonds. The molecule has 0 unspecified atom stereocenters. The summed E-state index contributed by atoms with van der Waals surface area (Å²) in [5.41, 5.74) is 1.85. The molecule has 2 fully saturated rings. The minimum atomic E-state index is 0.349. The Balaban J connectivity index is 1.39. The Morgan fingerprint density at radius 1 is 1.24 bits per heavy atom. The van der Waals surface area contributed by atoms with E-state index in [1.165, 1.54) is 12.8 Å². The Kier molecular flexibility index (Phi) is 4.53. The lowest BCUT2D eigenvalue weighted by molar-refractivity contribution is -0.127. The standard InChI is InChI=1S/C15H24N4O2/c1-12-14(17-21-16-12)11-18-8-4-13(5-9-18)6-10-19-7-2-3-15(19)20/h13H,2-11H2,1H3. The quantitative estimate of drug-likeness (QED) is 0.825. The molecular formula is C15H24N4O2. The smallest absolute Gasteiger partial charge is 0.222 e. The summed E-state index contributed by atoms with van der Waals surface area (Å²) >= 11 is 0. The van der Waals surface area contributed by atoms with Gasteiger partial charge in [-0.2, -0.15) is 0 Å². The number of likely N-dealkylation sites (tertiary alicyclic amines) is 2. The van der Waals surface area contributed by atoms with Gasteiger partial charge in [0.05, 0.1) is 0 Å².